The Bertz CT molecular complexity index is 574. The molecule has 0 radical (unpaired) electrons. The topological polar surface area (TPSA) is 42.2 Å². The van der Waals surface area contributed by atoms with E-state index < -0.39 is 5.97 Å². The fraction of sp³-hybridized carbons (Fsp3) is 0.308. The molecule has 0 bridgehead atoms. The van der Waals surface area contributed by atoms with Crippen molar-refractivity contribution in [2.75, 3.05) is 0 Å². The van der Waals surface area contributed by atoms with Crippen LogP contribution in [0.25, 0.3) is 10.9 Å². The summed E-state index contributed by atoms with van der Waals surface area (Å²) in [6.07, 6.45) is 0.549. The van der Waals surface area contributed by atoms with Crippen molar-refractivity contribution in [3.8, 4) is 0 Å². The van der Waals surface area contributed by atoms with Gasteiger partial charge in [0.15, 0.2) is 0 Å². The van der Waals surface area contributed by atoms with Gasteiger partial charge in [0, 0.05) is 34.5 Å². The molecule has 17 heavy (non-hydrogen) atoms. The minimum absolute atomic E-state index is 0.364. The lowest BCUT2D eigenvalue weighted by atomic mass is 10.1. The molecule has 0 spiro atoms. The molecule has 0 aliphatic carbocycles. The zero-order valence-electron chi connectivity index (χ0n) is 9.77. The first-order valence-electron chi connectivity index (χ1n) is 5.46. The lowest BCUT2D eigenvalue weighted by Crippen LogP contribution is -2.13. The summed E-state index contributed by atoms with van der Waals surface area (Å²) in [5.41, 5.74) is 2.16. The summed E-state index contributed by atoms with van der Waals surface area (Å²) in [6.45, 7) is 1.73. The van der Waals surface area contributed by atoms with Gasteiger partial charge in [0.05, 0.1) is 5.92 Å². The van der Waals surface area contributed by atoms with Crippen molar-refractivity contribution >= 4 is 32.8 Å². The van der Waals surface area contributed by atoms with Crippen LogP contribution in [0.15, 0.2) is 28.7 Å². The minimum Gasteiger partial charge on any atom is -0.481 e. The molecule has 1 aromatic heterocycles. The summed E-state index contributed by atoms with van der Waals surface area (Å²) in [6, 6.07) is 8.07. The molecule has 0 saturated heterocycles. The first-order valence-corrected chi connectivity index (χ1v) is 6.25. The van der Waals surface area contributed by atoms with Gasteiger partial charge in [0.25, 0.3) is 0 Å². The number of aryl methyl sites for hydroxylation is 1. The van der Waals surface area contributed by atoms with Gasteiger partial charge < -0.3 is 9.67 Å². The van der Waals surface area contributed by atoms with Crippen LogP contribution in [0.1, 0.15) is 12.6 Å². The predicted molar refractivity (Wildman–Crippen MR) is 71.1 cm³/mol. The first kappa shape index (κ1) is 12.2. The SMILES string of the molecule is CC(Cc1cc2c(Br)cccc2n1C)C(=O)O. The van der Waals surface area contributed by atoms with E-state index in [0.29, 0.717) is 6.42 Å². The number of hydrogen-bond donors (Lipinski definition) is 1. The van der Waals surface area contributed by atoms with Crippen LogP contribution in [-0.4, -0.2) is 15.6 Å². The van der Waals surface area contributed by atoms with Crippen LogP contribution in [0.2, 0.25) is 0 Å². The molecule has 0 amide bonds. The molecule has 1 N–H and O–H groups in total. The second-order valence-electron chi connectivity index (χ2n) is 4.31. The Balaban J connectivity index is 2.46. The first-order chi connectivity index (χ1) is 8.00. The van der Waals surface area contributed by atoms with E-state index in [9.17, 15) is 4.79 Å². The van der Waals surface area contributed by atoms with Crippen LogP contribution < -0.4 is 0 Å². The quantitative estimate of drug-likeness (QED) is 0.945. The molecule has 1 atom stereocenters. The van der Waals surface area contributed by atoms with Crippen LogP contribution in [0.5, 0.6) is 0 Å². The standard InChI is InChI=1S/C13H14BrNO2/c1-8(13(16)17)6-9-7-10-11(14)4-3-5-12(10)15(9)2/h3-5,7-8H,6H2,1-2H3,(H,16,17). The van der Waals surface area contributed by atoms with Crippen molar-refractivity contribution in [3.63, 3.8) is 0 Å². The van der Waals surface area contributed by atoms with Gasteiger partial charge in [-0.05, 0) is 18.2 Å². The summed E-state index contributed by atoms with van der Waals surface area (Å²) >= 11 is 3.51. The van der Waals surface area contributed by atoms with E-state index in [4.69, 9.17) is 5.11 Å². The van der Waals surface area contributed by atoms with E-state index in [1.165, 1.54) is 0 Å². The summed E-state index contributed by atoms with van der Waals surface area (Å²) in [5, 5.41) is 10.1. The minimum atomic E-state index is -0.755. The Kier molecular flexibility index (Phi) is 3.24. The maximum Gasteiger partial charge on any atom is 0.306 e. The third kappa shape index (κ3) is 2.22. The zero-order chi connectivity index (χ0) is 12.6. The van der Waals surface area contributed by atoms with Gasteiger partial charge in [0.1, 0.15) is 0 Å². The average Bonchev–Trinajstić information content (AvgIpc) is 2.58. The molecule has 3 nitrogen and oxygen atoms in total. The summed E-state index contributed by atoms with van der Waals surface area (Å²) in [5.74, 6) is -1.12. The fourth-order valence-electron chi connectivity index (χ4n) is 1.98. The Hall–Kier alpha value is -1.29. The highest BCUT2D eigenvalue weighted by Gasteiger charge is 2.15. The monoisotopic (exact) mass is 295 g/mol. The van der Waals surface area contributed by atoms with E-state index >= 15 is 0 Å². The van der Waals surface area contributed by atoms with Crippen molar-refractivity contribution in [2.24, 2.45) is 13.0 Å². The van der Waals surface area contributed by atoms with Crippen molar-refractivity contribution in [3.05, 3.63) is 34.4 Å². The number of nitrogens with zero attached hydrogens (tertiary/aromatic N) is 1. The fourth-order valence-corrected chi connectivity index (χ4v) is 2.45. The number of rotatable bonds is 3. The molecule has 0 aliphatic rings. The highest BCUT2D eigenvalue weighted by atomic mass is 79.9. The second kappa shape index (κ2) is 4.53. The Morgan fingerprint density at radius 3 is 2.82 bits per heavy atom. The van der Waals surface area contributed by atoms with Crippen LogP contribution in [-0.2, 0) is 18.3 Å². The summed E-state index contributed by atoms with van der Waals surface area (Å²) in [4.78, 5) is 10.9. The van der Waals surface area contributed by atoms with Gasteiger partial charge in [-0.1, -0.05) is 28.9 Å². The van der Waals surface area contributed by atoms with Crippen LogP contribution in [0.4, 0.5) is 0 Å². The number of carboxylic acids is 1. The van der Waals surface area contributed by atoms with Gasteiger partial charge in [-0.15, -0.1) is 0 Å². The molecule has 4 heteroatoms. The lowest BCUT2D eigenvalue weighted by molar-refractivity contribution is -0.141. The number of fused-ring (bicyclic) bond motifs is 1. The number of aromatic nitrogens is 1. The molecular weight excluding hydrogens is 282 g/mol. The Morgan fingerprint density at radius 2 is 2.24 bits per heavy atom. The van der Waals surface area contributed by atoms with E-state index in [1.54, 1.807) is 6.92 Å². The van der Waals surface area contributed by atoms with Gasteiger partial charge >= 0.3 is 5.97 Å². The lowest BCUT2D eigenvalue weighted by Gasteiger charge is -2.07. The normalized spacial score (nSPS) is 12.9. The van der Waals surface area contributed by atoms with Gasteiger partial charge in [-0.25, -0.2) is 0 Å². The van der Waals surface area contributed by atoms with Crippen LogP contribution >= 0.6 is 15.9 Å². The van der Waals surface area contributed by atoms with E-state index in [2.05, 4.69) is 26.6 Å². The molecule has 90 valence electrons. The number of hydrogen-bond acceptors (Lipinski definition) is 1. The maximum atomic E-state index is 10.9. The Morgan fingerprint density at radius 1 is 1.53 bits per heavy atom. The number of carbonyl (C=O) groups is 1. The molecule has 0 saturated carbocycles. The molecule has 2 rings (SSSR count). The second-order valence-corrected chi connectivity index (χ2v) is 5.17. The molecule has 0 aliphatic heterocycles. The zero-order valence-corrected chi connectivity index (χ0v) is 11.4. The van der Waals surface area contributed by atoms with E-state index in [0.717, 1.165) is 21.1 Å². The number of halogens is 1. The largest absolute Gasteiger partial charge is 0.481 e. The van der Waals surface area contributed by atoms with E-state index in [-0.39, 0.29) is 5.92 Å². The predicted octanol–water partition coefficient (Wildman–Crippen LogP) is 3.20. The summed E-state index contributed by atoms with van der Waals surface area (Å²) in [7, 11) is 1.97. The molecule has 1 heterocycles. The molecule has 1 aromatic carbocycles. The average molecular weight is 296 g/mol. The van der Waals surface area contributed by atoms with E-state index in [1.807, 2.05) is 25.2 Å². The maximum absolute atomic E-state index is 10.9. The van der Waals surface area contributed by atoms with Gasteiger partial charge in [0.2, 0.25) is 0 Å². The van der Waals surface area contributed by atoms with Crippen LogP contribution in [0, 0.1) is 5.92 Å². The van der Waals surface area contributed by atoms with Crippen molar-refractivity contribution < 1.29 is 9.90 Å². The van der Waals surface area contributed by atoms with Crippen molar-refractivity contribution in [1.82, 2.24) is 4.57 Å². The Labute approximate surface area is 108 Å². The highest BCUT2D eigenvalue weighted by molar-refractivity contribution is 9.10. The van der Waals surface area contributed by atoms with Crippen molar-refractivity contribution in [2.45, 2.75) is 13.3 Å². The van der Waals surface area contributed by atoms with Crippen LogP contribution in [0.3, 0.4) is 0 Å². The molecular formula is C13H14BrNO2. The number of benzene rings is 1. The molecule has 1 unspecified atom stereocenters. The smallest absolute Gasteiger partial charge is 0.306 e. The van der Waals surface area contributed by atoms with Gasteiger partial charge in [-0.2, -0.15) is 0 Å². The highest BCUT2D eigenvalue weighted by Crippen LogP contribution is 2.27. The molecule has 0 fully saturated rings. The number of aliphatic carboxylic acids is 1. The number of carboxylic acid groups (broad SMARTS) is 1. The summed E-state index contributed by atoms with van der Waals surface area (Å²) < 4.78 is 3.10. The third-order valence-corrected chi connectivity index (χ3v) is 3.76. The van der Waals surface area contributed by atoms with Crippen molar-refractivity contribution in [1.29, 1.82) is 0 Å². The third-order valence-electron chi connectivity index (χ3n) is 3.07. The van der Waals surface area contributed by atoms with Gasteiger partial charge in [-0.3, -0.25) is 4.79 Å². The molecule has 2 aromatic rings.